The minimum absolute atomic E-state index is 0. The van der Waals surface area contributed by atoms with Crippen LogP contribution in [-0.2, 0) is 13.0 Å². The lowest BCUT2D eigenvalue weighted by molar-refractivity contribution is 0.857. The number of hydrogen-bond donors (Lipinski definition) is 2. The number of aromatic nitrogens is 1. The second-order valence-electron chi connectivity index (χ2n) is 4.95. The van der Waals surface area contributed by atoms with E-state index in [2.05, 4.69) is 44.9 Å². The molecule has 0 saturated carbocycles. The Morgan fingerprint density at radius 1 is 1.17 bits per heavy atom. The lowest BCUT2D eigenvalue weighted by atomic mass is 10.1. The van der Waals surface area contributed by atoms with Crippen LogP contribution < -0.4 is 11.1 Å². The van der Waals surface area contributed by atoms with E-state index in [9.17, 15) is 0 Å². The highest BCUT2D eigenvalue weighted by Crippen LogP contribution is 2.16. The van der Waals surface area contributed by atoms with Crippen LogP contribution in [0.3, 0.4) is 0 Å². The topological polar surface area (TPSA) is 63.3 Å². The Balaban J connectivity index is 0.00000192. The first-order chi connectivity index (χ1) is 10.8. The van der Waals surface area contributed by atoms with Gasteiger partial charge >= 0.3 is 0 Å². The molecule has 0 aliphatic carbocycles. The van der Waals surface area contributed by atoms with Gasteiger partial charge in [0.1, 0.15) is 0 Å². The highest BCUT2D eigenvalue weighted by atomic mass is 127. The summed E-state index contributed by atoms with van der Waals surface area (Å²) in [6.07, 6.45) is 2.77. The summed E-state index contributed by atoms with van der Waals surface area (Å²) in [5.41, 5.74) is 8.00. The van der Waals surface area contributed by atoms with Gasteiger partial charge in [0.15, 0.2) is 5.96 Å². The van der Waals surface area contributed by atoms with E-state index in [0.29, 0.717) is 12.5 Å². The maximum Gasteiger partial charge on any atom is 0.188 e. The van der Waals surface area contributed by atoms with Crippen LogP contribution in [-0.4, -0.2) is 17.5 Å². The maximum atomic E-state index is 5.93. The first kappa shape index (κ1) is 17.7. The first-order valence-electron chi connectivity index (χ1n) is 7.22. The molecule has 0 spiro atoms. The molecule has 6 heteroatoms. The third-order valence-electron chi connectivity index (χ3n) is 3.39. The lowest BCUT2D eigenvalue weighted by Gasteiger charge is -2.06. The fourth-order valence-corrected chi connectivity index (χ4v) is 3.00. The molecule has 120 valence electrons. The number of pyridine rings is 1. The largest absolute Gasteiger partial charge is 0.370 e. The Morgan fingerprint density at radius 2 is 2.04 bits per heavy atom. The number of rotatable bonds is 5. The van der Waals surface area contributed by atoms with E-state index in [1.54, 1.807) is 17.5 Å². The Kier molecular flexibility index (Phi) is 6.79. The molecule has 0 radical (unpaired) electrons. The molecule has 2 heterocycles. The van der Waals surface area contributed by atoms with Crippen LogP contribution in [0.1, 0.15) is 10.4 Å². The Morgan fingerprint density at radius 3 is 2.87 bits per heavy atom. The van der Waals surface area contributed by atoms with Crippen molar-refractivity contribution in [1.29, 1.82) is 0 Å². The van der Waals surface area contributed by atoms with Crippen LogP contribution in [0.15, 0.2) is 59.0 Å². The number of nitrogens with one attached hydrogen (secondary N) is 1. The molecular formula is C17H19IN4S. The molecule has 0 atom stereocenters. The van der Waals surface area contributed by atoms with Gasteiger partial charge in [-0.3, -0.25) is 4.98 Å². The fourth-order valence-electron chi connectivity index (χ4n) is 2.29. The zero-order chi connectivity index (χ0) is 15.2. The summed E-state index contributed by atoms with van der Waals surface area (Å²) in [6.45, 7) is 1.33. The number of para-hydroxylation sites is 1. The predicted octanol–water partition coefficient (Wildman–Crippen LogP) is 3.56. The van der Waals surface area contributed by atoms with Crippen molar-refractivity contribution in [2.75, 3.05) is 6.54 Å². The molecule has 0 unspecified atom stereocenters. The highest BCUT2D eigenvalue weighted by Gasteiger charge is 2.01. The lowest BCUT2D eigenvalue weighted by Crippen LogP contribution is -2.33. The fraction of sp³-hybridized carbons (Fsp3) is 0.176. The van der Waals surface area contributed by atoms with Gasteiger partial charge in [-0.05, 0) is 29.5 Å². The van der Waals surface area contributed by atoms with E-state index in [1.165, 1.54) is 4.88 Å². The standard InChI is InChI=1S/C17H18N4S.HI/c18-17(20-10-8-15-7-3-11-22-15)21-12-14-5-1-4-13-6-2-9-19-16(13)14;/h1-7,9,11H,8,10,12H2,(H3,18,20,21);1H. The maximum absolute atomic E-state index is 5.93. The Labute approximate surface area is 156 Å². The Hall–Kier alpha value is -1.67. The molecule has 1 aromatic carbocycles. The van der Waals surface area contributed by atoms with Crippen molar-refractivity contribution >= 4 is 52.2 Å². The number of nitrogens with zero attached hydrogens (tertiary/aromatic N) is 2. The number of aliphatic imine (C=N–C) groups is 1. The zero-order valence-corrected chi connectivity index (χ0v) is 15.8. The SMILES string of the molecule is I.NC(=NCc1cccc2cccnc12)NCCc1cccs1. The normalized spacial score (nSPS) is 11.2. The number of fused-ring (bicyclic) bond motifs is 1. The number of nitrogens with two attached hydrogens (primary N) is 1. The summed E-state index contributed by atoms with van der Waals surface area (Å²) in [5, 5.41) is 6.36. The highest BCUT2D eigenvalue weighted by molar-refractivity contribution is 14.0. The van der Waals surface area contributed by atoms with Gasteiger partial charge in [0.05, 0.1) is 12.1 Å². The summed E-state index contributed by atoms with van der Waals surface area (Å²) >= 11 is 1.76. The van der Waals surface area contributed by atoms with Gasteiger partial charge in [-0.25, -0.2) is 4.99 Å². The second kappa shape index (κ2) is 8.83. The number of hydrogen-bond acceptors (Lipinski definition) is 3. The van der Waals surface area contributed by atoms with Gasteiger partial charge in [-0.15, -0.1) is 35.3 Å². The molecule has 0 saturated heterocycles. The van der Waals surface area contributed by atoms with Crippen molar-refractivity contribution in [3.05, 3.63) is 64.5 Å². The number of benzene rings is 1. The van der Waals surface area contributed by atoms with Gasteiger partial charge in [-0.1, -0.05) is 30.3 Å². The van der Waals surface area contributed by atoms with Crippen LogP contribution in [0.4, 0.5) is 0 Å². The van der Waals surface area contributed by atoms with Crippen molar-refractivity contribution < 1.29 is 0 Å². The second-order valence-corrected chi connectivity index (χ2v) is 5.98. The smallest absolute Gasteiger partial charge is 0.188 e. The summed E-state index contributed by atoms with van der Waals surface area (Å²) in [4.78, 5) is 10.2. The Bertz CT molecular complexity index is 766. The molecule has 0 aliphatic rings. The average Bonchev–Trinajstić information content (AvgIpc) is 3.06. The monoisotopic (exact) mass is 438 g/mol. The third-order valence-corrected chi connectivity index (χ3v) is 4.33. The number of halogens is 1. The number of thiophene rings is 1. The summed E-state index contributed by atoms with van der Waals surface area (Å²) < 4.78 is 0. The van der Waals surface area contributed by atoms with E-state index in [4.69, 9.17) is 5.73 Å². The third kappa shape index (κ3) is 4.90. The van der Waals surface area contributed by atoms with Crippen LogP contribution in [0.5, 0.6) is 0 Å². The van der Waals surface area contributed by atoms with E-state index >= 15 is 0 Å². The van der Waals surface area contributed by atoms with E-state index < -0.39 is 0 Å². The van der Waals surface area contributed by atoms with Gasteiger partial charge in [0.25, 0.3) is 0 Å². The minimum Gasteiger partial charge on any atom is -0.370 e. The van der Waals surface area contributed by atoms with Crippen molar-refractivity contribution in [2.45, 2.75) is 13.0 Å². The summed E-state index contributed by atoms with van der Waals surface area (Å²) in [7, 11) is 0. The molecule has 2 aromatic heterocycles. The van der Waals surface area contributed by atoms with Crippen molar-refractivity contribution in [3.63, 3.8) is 0 Å². The zero-order valence-electron chi connectivity index (χ0n) is 12.6. The van der Waals surface area contributed by atoms with Gasteiger partial charge in [0, 0.05) is 23.0 Å². The van der Waals surface area contributed by atoms with E-state index in [-0.39, 0.29) is 24.0 Å². The molecule has 3 rings (SSSR count). The summed E-state index contributed by atoms with van der Waals surface area (Å²) in [6, 6.07) is 14.3. The minimum atomic E-state index is 0. The van der Waals surface area contributed by atoms with Crippen LogP contribution in [0.2, 0.25) is 0 Å². The molecule has 0 fully saturated rings. The molecule has 3 N–H and O–H groups in total. The molecule has 3 aromatic rings. The van der Waals surface area contributed by atoms with Crippen LogP contribution in [0, 0.1) is 0 Å². The average molecular weight is 438 g/mol. The molecule has 0 amide bonds. The van der Waals surface area contributed by atoms with E-state index in [0.717, 1.165) is 29.4 Å². The van der Waals surface area contributed by atoms with Gasteiger partial charge in [0.2, 0.25) is 0 Å². The van der Waals surface area contributed by atoms with E-state index in [1.807, 2.05) is 18.2 Å². The molecule has 0 aliphatic heterocycles. The molecule has 23 heavy (non-hydrogen) atoms. The summed E-state index contributed by atoms with van der Waals surface area (Å²) in [5.74, 6) is 0.476. The number of guanidine groups is 1. The first-order valence-corrected chi connectivity index (χ1v) is 8.10. The van der Waals surface area contributed by atoms with Crippen molar-refractivity contribution in [1.82, 2.24) is 10.3 Å². The van der Waals surface area contributed by atoms with Crippen LogP contribution >= 0.6 is 35.3 Å². The van der Waals surface area contributed by atoms with Gasteiger partial charge < -0.3 is 11.1 Å². The van der Waals surface area contributed by atoms with Crippen molar-refractivity contribution in [2.24, 2.45) is 10.7 Å². The van der Waals surface area contributed by atoms with Crippen LogP contribution in [0.25, 0.3) is 10.9 Å². The quantitative estimate of drug-likeness (QED) is 0.364. The van der Waals surface area contributed by atoms with Gasteiger partial charge in [-0.2, -0.15) is 0 Å². The molecular weight excluding hydrogens is 419 g/mol. The van der Waals surface area contributed by atoms with Crippen molar-refractivity contribution in [3.8, 4) is 0 Å². The molecule has 0 bridgehead atoms. The predicted molar refractivity (Wildman–Crippen MR) is 109 cm³/mol. The molecule has 4 nitrogen and oxygen atoms in total.